The van der Waals surface area contributed by atoms with E-state index in [0.29, 0.717) is 5.41 Å². The van der Waals surface area contributed by atoms with Gasteiger partial charge in [0.1, 0.15) is 0 Å². The van der Waals surface area contributed by atoms with Gasteiger partial charge in [-0.15, -0.1) is 0 Å². The third kappa shape index (κ3) is 0.889. The van der Waals surface area contributed by atoms with Crippen molar-refractivity contribution in [3.05, 3.63) is 5.53 Å². The van der Waals surface area contributed by atoms with Crippen molar-refractivity contribution in [2.45, 2.75) is 38.5 Å². The van der Waals surface area contributed by atoms with Gasteiger partial charge in [0, 0.05) is 6.42 Å². The molecule has 0 amide bonds. The first-order valence-electron chi connectivity index (χ1n) is 4.04. The minimum atomic E-state index is 0.611. The fourth-order valence-corrected chi connectivity index (χ4v) is 1.97. The Bertz CT molecular complexity index is 197. The van der Waals surface area contributed by atoms with Crippen molar-refractivity contribution in [1.82, 2.24) is 0 Å². The highest BCUT2D eigenvalue weighted by molar-refractivity contribution is 5.80. The zero-order valence-corrected chi connectivity index (χ0v) is 6.14. The molecule has 2 nitrogen and oxygen atoms in total. The molecule has 2 aliphatic rings. The van der Waals surface area contributed by atoms with E-state index in [2.05, 4.69) is 4.79 Å². The van der Waals surface area contributed by atoms with E-state index in [1.165, 1.54) is 25.7 Å². The van der Waals surface area contributed by atoms with E-state index in [-0.39, 0.29) is 0 Å². The quantitative estimate of drug-likeness (QED) is 0.361. The van der Waals surface area contributed by atoms with Crippen molar-refractivity contribution >= 4 is 5.71 Å². The van der Waals surface area contributed by atoms with Crippen molar-refractivity contribution in [3.63, 3.8) is 0 Å². The van der Waals surface area contributed by atoms with Crippen LogP contribution in [0, 0.1) is 5.41 Å². The molecular formula is C8H12N2. The minimum Gasteiger partial charge on any atom is -0.362 e. The summed E-state index contributed by atoms with van der Waals surface area (Å²) in [5.74, 6) is 0. The van der Waals surface area contributed by atoms with Crippen LogP contribution in [0.3, 0.4) is 0 Å². The first kappa shape index (κ1) is 6.11. The van der Waals surface area contributed by atoms with Crippen molar-refractivity contribution in [2.75, 3.05) is 0 Å². The second-order valence-electron chi connectivity index (χ2n) is 3.70. The maximum absolute atomic E-state index is 8.54. The molecule has 0 aromatic heterocycles. The van der Waals surface area contributed by atoms with Crippen LogP contribution in [-0.2, 0) is 0 Å². The summed E-state index contributed by atoms with van der Waals surface area (Å²) in [6.07, 6.45) is 7.44. The topological polar surface area (TPSA) is 36.4 Å². The maximum Gasteiger partial charge on any atom is 0.269 e. The average molecular weight is 136 g/mol. The Balaban J connectivity index is 2.11. The van der Waals surface area contributed by atoms with E-state index in [9.17, 15) is 0 Å². The summed E-state index contributed by atoms with van der Waals surface area (Å²) in [5, 5.41) is 0. The van der Waals surface area contributed by atoms with E-state index < -0.39 is 0 Å². The smallest absolute Gasteiger partial charge is 0.269 e. The molecule has 2 heteroatoms. The summed E-state index contributed by atoms with van der Waals surface area (Å²) in [4.78, 5) is 3.30. The fraction of sp³-hybridized carbons (Fsp3) is 0.875. The lowest BCUT2D eigenvalue weighted by atomic mass is 9.85. The third-order valence-corrected chi connectivity index (χ3v) is 2.85. The molecule has 2 saturated carbocycles. The molecule has 1 spiro atoms. The summed E-state index contributed by atoms with van der Waals surface area (Å²) >= 11 is 0. The van der Waals surface area contributed by atoms with E-state index in [0.717, 1.165) is 18.6 Å². The highest BCUT2D eigenvalue weighted by Crippen LogP contribution is 2.55. The molecule has 10 heavy (non-hydrogen) atoms. The van der Waals surface area contributed by atoms with Crippen molar-refractivity contribution < 1.29 is 4.79 Å². The van der Waals surface area contributed by atoms with Gasteiger partial charge in [-0.1, -0.05) is 0 Å². The zero-order chi connectivity index (χ0) is 7.03. The Morgan fingerprint density at radius 1 is 1.30 bits per heavy atom. The number of hydrogen-bond donors (Lipinski definition) is 0. The molecule has 0 aromatic carbocycles. The highest BCUT2D eigenvalue weighted by atomic mass is 14.9. The van der Waals surface area contributed by atoms with E-state index in [4.69, 9.17) is 5.53 Å². The first-order valence-corrected chi connectivity index (χ1v) is 4.04. The first-order chi connectivity index (χ1) is 4.85. The maximum atomic E-state index is 8.54. The van der Waals surface area contributed by atoms with Crippen LogP contribution in [-0.4, -0.2) is 10.5 Å². The molecule has 0 N–H and O–H groups in total. The summed E-state index contributed by atoms with van der Waals surface area (Å²) in [5.41, 5.74) is 10.2. The van der Waals surface area contributed by atoms with Crippen molar-refractivity contribution in [2.24, 2.45) is 5.41 Å². The van der Waals surface area contributed by atoms with Crippen molar-refractivity contribution in [3.8, 4) is 0 Å². The number of rotatable bonds is 0. The molecular weight excluding hydrogens is 124 g/mol. The van der Waals surface area contributed by atoms with E-state index >= 15 is 0 Å². The van der Waals surface area contributed by atoms with Crippen LogP contribution in [0.1, 0.15) is 38.5 Å². The summed E-state index contributed by atoms with van der Waals surface area (Å²) < 4.78 is 0. The second kappa shape index (κ2) is 1.93. The largest absolute Gasteiger partial charge is 0.362 e. The molecule has 0 atom stereocenters. The second-order valence-corrected chi connectivity index (χ2v) is 3.70. The van der Waals surface area contributed by atoms with Gasteiger partial charge in [-0.3, -0.25) is 0 Å². The van der Waals surface area contributed by atoms with Crippen LogP contribution >= 0.6 is 0 Å². The molecule has 2 fully saturated rings. The van der Waals surface area contributed by atoms with Gasteiger partial charge in [0.05, 0.1) is 6.42 Å². The molecule has 2 rings (SSSR count). The molecule has 0 saturated heterocycles. The van der Waals surface area contributed by atoms with Crippen molar-refractivity contribution in [1.29, 1.82) is 0 Å². The van der Waals surface area contributed by atoms with Gasteiger partial charge in [-0.05, 0) is 31.1 Å². The molecule has 54 valence electrons. The van der Waals surface area contributed by atoms with Gasteiger partial charge >= 0.3 is 0 Å². The van der Waals surface area contributed by atoms with Crippen LogP contribution < -0.4 is 0 Å². The Kier molecular flexibility index (Phi) is 1.18. The summed E-state index contributed by atoms with van der Waals surface area (Å²) in [7, 11) is 0. The van der Waals surface area contributed by atoms with E-state index in [1.54, 1.807) is 0 Å². The van der Waals surface area contributed by atoms with Gasteiger partial charge in [-0.25, -0.2) is 0 Å². The SMILES string of the molecule is [N-]=[N+]=C1CCCC2(CC2)C1. The Morgan fingerprint density at radius 2 is 2.10 bits per heavy atom. The molecule has 0 unspecified atom stereocenters. The molecule has 0 bridgehead atoms. The number of nitrogens with zero attached hydrogens (tertiary/aromatic N) is 2. The van der Waals surface area contributed by atoms with Crippen LogP contribution in [0.4, 0.5) is 0 Å². The lowest BCUT2D eigenvalue weighted by molar-refractivity contribution is -0.0157. The fourth-order valence-electron chi connectivity index (χ4n) is 1.97. The predicted molar refractivity (Wildman–Crippen MR) is 38.8 cm³/mol. The molecule has 0 aliphatic heterocycles. The molecule has 2 aliphatic carbocycles. The van der Waals surface area contributed by atoms with Crippen LogP contribution in [0.2, 0.25) is 0 Å². The lowest BCUT2D eigenvalue weighted by Gasteiger charge is -2.16. The van der Waals surface area contributed by atoms with Gasteiger partial charge in [0.15, 0.2) is 0 Å². The monoisotopic (exact) mass is 136 g/mol. The highest BCUT2D eigenvalue weighted by Gasteiger charge is 2.47. The van der Waals surface area contributed by atoms with Crippen LogP contribution in [0.15, 0.2) is 0 Å². The number of hydrogen-bond acceptors (Lipinski definition) is 0. The third-order valence-electron chi connectivity index (χ3n) is 2.85. The summed E-state index contributed by atoms with van der Waals surface area (Å²) in [6.45, 7) is 0. The lowest BCUT2D eigenvalue weighted by Crippen LogP contribution is -2.16. The zero-order valence-electron chi connectivity index (χ0n) is 6.14. The van der Waals surface area contributed by atoms with Gasteiger partial charge < -0.3 is 5.53 Å². The van der Waals surface area contributed by atoms with Gasteiger partial charge in [-0.2, -0.15) is 4.79 Å². The summed E-state index contributed by atoms with van der Waals surface area (Å²) in [6, 6.07) is 0. The Morgan fingerprint density at radius 3 is 2.70 bits per heavy atom. The standard InChI is InChI=1S/C8H12N2/c9-10-7-2-1-3-8(6-7)4-5-8/h1-6H2. The molecule has 0 radical (unpaired) electrons. The van der Waals surface area contributed by atoms with Crippen LogP contribution in [0.25, 0.3) is 5.53 Å². The molecule has 0 heterocycles. The average Bonchev–Trinajstić information content (AvgIpc) is 2.70. The van der Waals surface area contributed by atoms with E-state index in [1.807, 2.05) is 0 Å². The Hall–Kier alpha value is -0.620. The normalized spacial score (nSPS) is 28.2. The van der Waals surface area contributed by atoms with Crippen LogP contribution in [0.5, 0.6) is 0 Å². The molecule has 0 aromatic rings. The van der Waals surface area contributed by atoms with Gasteiger partial charge in [0.25, 0.3) is 5.71 Å². The predicted octanol–water partition coefficient (Wildman–Crippen LogP) is 2.01. The Labute approximate surface area is 60.9 Å². The van der Waals surface area contributed by atoms with Gasteiger partial charge in [0.2, 0.25) is 0 Å². The minimum absolute atomic E-state index is 0.611.